The van der Waals surface area contributed by atoms with E-state index >= 15 is 0 Å². The normalized spacial score (nSPS) is 15.9. The molecule has 0 aliphatic carbocycles. The van der Waals surface area contributed by atoms with E-state index in [0.29, 0.717) is 19.0 Å². The first-order valence-electron chi connectivity index (χ1n) is 8.21. The van der Waals surface area contributed by atoms with Crippen molar-refractivity contribution in [2.45, 2.75) is 24.9 Å². The van der Waals surface area contributed by atoms with Gasteiger partial charge in [0.1, 0.15) is 0 Å². The number of nitrogens with zero attached hydrogens (tertiary/aromatic N) is 1. The number of rotatable bonds is 2. The van der Waals surface area contributed by atoms with Gasteiger partial charge in [0.15, 0.2) is 0 Å². The third-order valence-corrected chi connectivity index (χ3v) is 4.49. The summed E-state index contributed by atoms with van der Waals surface area (Å²) in [5, 5.41) is 2.57. The summed E-state index contributed by atoms with van der Waals surface area (Å²) < 4.78 is 38.2. The van der Waals surface area contributed by atoms with E-state index in [9.17, 15) is 18.0 Å². The smallest absolute Gasteiger partial charge is 0.324 e. The Morgan fingerprint density at radius 3 is 2.32 bits per heavy atom. The second kappa shape index (κ2) is 7.17. The zero-order valence-electron chi connectivity index (χ0n) is 13.6. The quantitative estimate of drug-likeness (QED) is 0.803. The predicted octanol–water partition coefficient (Wildman–Crippen LogP) is 5.12. The van der Waals surface area contributed by atoms with Gasteiger partial charge in [0, 0.05) is 18.8 Å². The number of likely N-dealkylation sites (tertiary alicyclic amines) is 1. The molecule has 25 heavy (non-hydrogen) atoms. The Hall–Kier alpha value is -2.50. The number of anilines is 1. The van der Waals surface area contributed by atoms with Crippen molar-refractivity contribution in [3.05, 3.63) is 65.7 Å². The summed E-state index contributed by atoms with van der Waals surface area (Å²) >= 11 is 0. The number of alkyl halides is 3. The van der Waals surface area contributed by atoms with Crippen molar-refractivity contribution in [3.63, 3.8) is 0 Å². The maximum atomic E-state index is 12.7. The highest BCUT2D eigenvalue weighted by Crippen LogP contribution is 2.31. The molecule has 0 saturated carbocycles. The van der Waals surface area contributed by atoms with Crippen molar-refractivity contribution >= 4 is 11.7 Å². The van der Waals surface area contributed by atoms with E-state index in [1.54, 1.807) is 4.90 Å². The first kappa shape index (κ1) is 17.3. The van der Waals surface area contributed by atoms with Crippen molar-refractivity contribution in [2.24, 2.45) is 0 Å². The molecule has 1 fully saturated rings. The number of hydrogen-bond donors (Lipinski definition) is 1. The molecule has 132 valence electrons. The highest BCUT2D eigenvalue weighted by Gasteiger charge is 2.31. The van der Waals surface area contributed by atoms with E-state index in [1.165, 1.54) is 17.7 Å². The van der Waals surface area contributed by atoms with Crippen LogP contribution in [0, 0.1) is 0 Å². The SMILES string of the molecule is O=C(Nc1cccc(C(F)(F)F)c1)N1CCC(c2ccccc2)CC1. The van der Waals surface area contributed by atoms with Gasteiger partial charge in [-0.25, -0.2) is 4.79 Å². The van der Waals surface area contributed by atoms with Gasteiger partial charge >= 0.3 is 12.2 Å². The number of nitrogens with one attached hydrogen (secondary N) is 1. The molecule has 0 atom stereocenters. The summed E-state index contributed by atoms with van der Waals surface area (Å²) in [5.41, 5.74) is 0.651. The Bertz CT molecular complexity index is 723. The van der Waals surface area contributed by atoms with E-state index < -0.39 is 11.7 Å². The molecule has 1 aliphatic rings. The Kier molecular flexibility index (Phi) is 4.97. The Labute approximate surface area is 144 Å². The minimum Gasteiger partial charge on any atom is -0.324 e. The fourth-order valence-corrected chi connectivity index (χ4v) is 3.12. The second-order valence-electron chi connectivity index (χ2n) is 6.18. The van der Waals surface area contributed by atoms with E-state index in [2.05, 4.69) is 17.4 Å². The molecular weight excluding hydrogens is 329 g/mol. The van der Waals surface area contributed by atoms with Crippen molar-refractivity contribution < 1.29 is 18.0 Å². The Morgan fingerprint density at radius 2 is 1.68 bits per heavy atom. The third-order valence-electron chi connectivity index (χ3n) is 4.49. The number of urea groups is 1. The van der Waals surface area contributed by atoms with Gasteiger partial charge in [0.2, 0.25) is 0 Å². The van der Waals surface area contributed by atoms with Crippen LogP contribution in [0.25, 0.3) is 0 Å². The van der Waals surface area contributed by atoms with Crippen LogP contribution < -0.4 is 5.32 Å². The lowest BCUT2D eigenvalue weighted by Gasteiger charge is -2.32. The maximum Gasteiger partial charge on any atom is 0.416 e. The molecule has 2 aromatic rings. The molecule has 6 heteroatoms. The van der Waals surface area contributed by atoms with Crippen LogP contribution in [-0.4, -0.2) is 24.0 Å². The van der Waals surface area contributed by atoms with Crippen molar-refractivity contribution in [2.75, 3.05) is 18.4 Å². The van der Waals surface area contributed by atoms with E-state index in [-0.39, 0.29) is 11.7 Å². The summed E-state index contributed by atoms with van der Waals surface area (Å²) in [5.74, 6) is 0.416. The van der Waals surface area contributed by atoms with Crippen LogP contribution in [0.3, 0.4) is 0 Å². The highest BCUT2D eigenvalue weighted by atomic mass is 19.4. The van der Waals surface area contributed by atoms with Gasteiger partial charge in [-0.2, -0.15) is 13.2 Å². The van der Waals surface area contributed by atoms with Gasteiger partial charge in [-0.15, -0.1) is 0 Å². The number of halogens is 3. The van der Waals surface area contributed by atoms with Gasteiger partial charge in [0.25, 0.3) is 0 Å². The van der Waals surface area contributed by atoms with Gasteiger partial charge < -0.3 is 10.2 Å². The second-order valence-corrected chi connectivity index (χ2v) is 6.18. The molecule has 1 heterocycles. The van der Waals surface area contributed by atoms with Crippen molar-refractivity contribution in [1.29, 1.82) is 0 Å². The first-order chi connectivity index (χ1) is 11.9. The van der Waals surface area contributed by atoms with Gasteiger partial charge in [-0.1, -0.05) is 36.4 Å². The molecule has 1 N–H and O–H groups in total. The summed E-state index contributed by atoms with van der Waals surface area (Å²) in [4.78, 5) is 14.0. The molecule has 0 unspecified atom stereocenters. The van der Waals surface area contributed by atoms with Gasteiger partial charge in [-0.3, -0.25) is 0 Å². The van der Waals surface area contributed by atoms with Crippen molar-refractivity contribution in [3.8, 4) is 0 Å². The topological polar surface area (TPSA) is 32.3 Å². The van der Waals surface area contributed by atoms with Crippen LogP contribution in [0.15, 0.2) is 54.6 Å². The average molecular weight is 348 g/mol. The fraction of sp³-hybridized carbons (Fsp3) is 0.316. The molecular formula is C19H19F3N2O. The number of benzene rings is 2. The number of piperidine rings is 1. The minimum atomic E-state index is -4.42. The van der Waals surface area contributed by atoms with Crippen LogP contribution in [-0.2, 0) is 6.18 Å². The van der Waals surface area contributed by atoms with E-state index in [4.69, 9.17) is 0 Å². The first-order valence-corrected chi connectivity index (χ1v) is 8.21. The molecule has 0 bridgehead atoms. The zero-order valence-corrected chi connectivity index (χ0v) is 13.6. The summed E-state index contributed by atoms with van der Waals surface area (Å²) in [6, 6.07) is 14.5. The maximum absolute atomic E-state index is 12.7. The fourth-order valence-electron chi connectivity index (χ4n) is 3.12. The molecule has 0 aromatic heterocycles. The van der Waals surface area contributed by atoms with Crippen LogP contribution in [0.4, 0.5) is 23.7 Å². The molecule has 1 saturated heterocycles. The highest BCUT2D eigenvalue weighted by molar-refractivity contribution is 5.89. The van der Waals surface area contributed by atoms with Crippen LogP contribution in [0.2, 0.25) is 0 Å². The Balaban J connectivity index is 1.58. The molecule has 3 rings (SSSR count). The van der Waals surface area contributed by atoms with E-state index in [0.717, 1.165) is 25.0 Å². The standard InChI is InChI=1S/C19H19F3N2O/c20-19(21,22)16-7-4-8-17(13-16)23-18(25)24-11-9-15(10-12-24)14-5-2-1-3-6-14/h1-8,13,15H,9-12H2,(H,23,25). The number of hydrogen-bond acceptors (Lipinski definition) is 1. The molecule has 0 spiro atoms. The van der Waals surface area contributed by atoms with Crippen molar-refractivity contribution in [1.82, 2.24) is 4.90 Å². The van der Waals surface area contributed by atoms with E-state index in [1.807, 2.05) is 18.2 Å². The minimum absolute atomic E-state index is 0.157. The van der Waals surface area contributed by atoms with Crippen LogP contribution in [0.1, 0.15) is 29.9 Å². The predicted molar refractivity (Wildman–Crippen MR) is 90.5 cm³/mol. The number of amides is 2. The Morgan fingerprint density at radius 1 is 1.00 bits per heavy atom. The van der Waals surface area contributed by atoms with Gasteiger partial charge in [-0.05, 0) is 42.5 Å². The molecule has 1 aliphatic heterocycles. The third kappa shape index (κ3) is 4.32. The summed E-state index contributed by atoms with van der Waals surface area (Å²) in [7, 11) is 0. The molecule has 3 nitrogen and oxygen atoms in total. The van der Waals surface area contributed by atoms with Crippen LogP contribution >= 0.6 is 0 Å². The lowest BCUT2D eigenvalue weighted by molar-refractivity contribution is -0.137. The largest absolute Gasteiger partial charge is 0.416 e. The van der Waals surface area contributed by atoms with Crippen LogP contribution in [0.5, 0.6) is 0 Å². The average Bonchev–Trinajstić information content (AvgIpc) is 2.62. The lowest BCUT2D eigenvalue weighted by atomic mass is 9.90. The number of carbonyl (C=O) groups is 1. The molecule has 2 amide bonds. The number of carbonyl (C=O) groups excluding carboxylic acids is 1. The monoisotopic (exact) mass is 348 g/mol. The van der Waals surface area contributed by atoms with Gasteiger partial charge in [0.05, 0.1) is 5.56 Å². The molecule has 2 aromatic carbocycles. The lowest BCUT2D eigenvalue weighted by Crippen LogP contribution is -2.40. The zero-order chi connectivity index (χ0) is 17.9. The summed E-state index contributed by atoms with van der Waals surface area (Å²) in [6.45, 7) is 1.18. The summed E-state index contributed by atoms with van der Waals surface area (Å²) in [6.07, 6.45) is -2.73. The molecule has 0 radical (unpaired) electrons.